The van der Waals surface area contributed by atoms with Crippen molar-refractivity contribution in [3.8, 4) is 11.5 Å². The smallest absolute Gasteiger partial charge is 0.387 e. The van der Waals surface area contributed by atoms with E-state index in [1.165, 1.54) is 31.4 Å². The molecule has 0 N–H and O–H groups in total. The lowest BCUT2D eigenvalue weighted by Gasteiger charge is -2.10. The van der Waals surface area contributed by atoms with Crippen LogP contribution in [0.15, 0.2) is 60.7 Å². The van der Waals surface area contributed by atoms with E-state index >= 15 is 0 Å². The van der Waals surface area contributed by atoms with Crippen molar-refractivity contribution in [3.05, 3.63) is 71.8 Å². The van der Waals surface area contributed by atoms with Gasteiger partial charge in [0.15, 0.2) is 12.4 Å². The van der Waals surface area contributed by atoms with Gasteiger partial charge in [-0.25, -0.2) is 4.79 Å². The molecular formula is C21H16F2O5. The van der Waals surface area contributed by atoms with Crippen LogP contribution in [0.2, 0.25) is 0 Å². The molecule has 0 atom stereocenters. The number of methoxy groups -OCH3 is 1. The number of hydrogen-bond acceptors (Lipinski definition) is 5. The molecule has 0 radical (unpaired) electrons. The second kappa shape index (κ2) is 8.47. The number of benzene rings is 3. The average Bonchev–Trinajstić information content (AvgIpc) is 2.70. The molecule has 0 unspecified atom stereocenters. The monoisotopic (exact) mass is 386 g/mol. The van der Waals surface area contributed by atoms with Crippen molar-refractivity contribution < 1.29 is 32.6 Å². The Bertz CT molecular complexity index is 999. The van der Waals surface area contributed by atoms with Crippen molar-refractivity contribution in [2.45, 2.75) is 6.61 Å². The molecule has 0 aromatic heterocycles. The highest BCUT2D eigenvalue weighted by atomic mass is 19.3. The molecule has 3 aromatic carbocycles. The number of hydrogen-bond donors (Lipinski definition) is 0. The maximum atomic E-state index is 12.4. The van der Waals surface area contributed by atoms with Crippen LogP contribution >= 0.6 is 0 Å². The van der Waals surface area contributed by atoms with Crippen molar-refractivity contribution >= 4 is 22.5 Å². The van der Waals surface area contributed by atoms with Crippen LogP contribution in [0.1, 0.15) is 20.7 Å². The number of carbonyl (C=O) groups is 2. The zero-order valence-electron chi connectivity index (χ0n) is 14.9. The topological polar surface area (TPSA) is 61.8 Å². The number of Topliss-reactive ketones (excluding diaryl/α,β-unsaturated/α-hetero) is 1. The maximum Gasteiger partial charge on any atom is 0.387 e. The molecule has 0 spiro atoms. The first-order chi connectivity index (χ1) is 13.5. The van der Waals surface area contributed by atoms with Crippen molar-refractivity contribution in [2.24, 2.45) is 0 Å². The number of halogens is 2. The van der Waals surface area contributed by atoms with Gasteiger partial charge in [-0.2, -0.15) is 8.78 Å². The molecule has 0 amide bonds. The minimum absolute atomic E-state index is 0.0653. The van der Waals surface area contributed by atoms with Gasteiger partial charge in [0.2, 0.25) is 0 Å². The molecule has 3 aromatic rings. The summed E-state index contributed by atoms with van der Waals surface area (Å²) in [5.41, 5.74) is 0.412. The number of esters is 1. The zero-order valence-corrected chi connectivity index (χ0v) is 14.9. The Hall–Kier alpha value is -3.48. The van der Waals surface area contributed by atoms with E-state index in [0.29, 0.717) is 5.75 Å². The van der Waals surface area contributed by atoms with Gasteiger partial charge in [0.05, 0.1) is 7.11 Å². The standard InChI is InChI=1S/C21H16F2O5/c1-26-19-11-15-5-3-2-4-14(15)10-17(19)20(25)27-12-18(24)13-6-8-16(9-7-13)28-21(22)23/h2-11,21H,12H2,1H3. The van der Waals surface area contributed by atoms with Crippen molar-refractivity contribution in [3.63, 3.8) is 0 Å². The Morgan fingerprint density at radius 1 is 0.964 bits per heavy atom. The van der Waals surface area contributed by atoms with Gasteiger partial charge in [-0.05, 0) is 47.2 Å². The molecule has 28 heavy (non-hydrogen) atoms. The number of fused-ring (bicyclic) bond motifs is 1. The third-order valence-corrected chi connectivity index (χ3v) is 4.02. The van der Waals surface area contributed by atoms with E-state index in [1.807, 2.05) is 24.3 Å². The lowest BCUT2D eigenvalue weighted by atomic mass is 10.1. The van der Waals surface area contributed by atoms with Crippen molar-refractivity contribution in [2.75, 3.05) is 13.7 Å². The quantitative estimate of drug-likeness (QED) is 0.442. The van der Waals surface area contributed by atoms with E-state index in [4.69, 9.17) is 9.47 Å². The lowest BCUT2D eigenvalue weighted by Crippen LogP contribution is -2.15. The predicted octanol–water partition coefficient (Wildman–Crippen LogP) is 4.49. The third kappa shape index (κ3) is 4.43. The lowest BCUT2D eigenvalue weighted by molar-refractivity contribution is -0.0498. The highest BCUT2D eigenvalue weighted by Gasteiger charge is 2.17. The zero-order chi connectivity index (χ0) is 20.1. The normalized spacial score (nSPS) is 10.7. The molecule has 0 saturated carbocycles. The summed E-state index contributed by atoms with van der Waals surface area (Å²) in [7, 11) is 1.44. The van der Waals surface area contributed by atoms with Gasteiger partial charge in [0, 0.05) is 5.56 Å². The van der Waals surface area contributed by atoms with Gasteiger partial charge in [0.1, 0.15) is 17.1 Å². The summed E-state index contributed by atoms with van der Waals surface area (Å²) in [6.07, 6.45) is 0. The van der Waals surface area contributed by atoms with Crippen LogP contribution in [0, 0.1) is 0 Å². The van der Waals surface area contributed by atoms with Crippen molar-refractivity contribution in [1.82, 2.24) is 0 Å². The largest absolute Gasteiger partial charge is 0.496 e. The summed E-state index contributed by atoms with van der Waals surface area (Å²) < 4.78 is 38.9. The van der Waals surface area contributed by atoms with Crippen LogP contribution < -0.4 is 9.47 Å². The SMILES string of the molecule is COc1cc2ccccc2cc1C(=O)OCC(=O)c1ccc(OC(F)F)cc1. The minimum Gasteiger partial charge on any atom is -0.496 e. The Morgan fingerprint density at radius 2 is 1.61 bits per heavy atom. The Balaban J connectivity index is 1.69. The average molecular weight is 386 g/mol. The Morgan fingerprint density at radius 3 is 2.21 bits per heavy atom. The molecule has 0 aliphatic rings. The number of alkyl halides is 2. The van der Waals surface area contributed by atoms with E-state index in [-0.39, 0.29) is 16.9 Å². The second-order valence-electron chi connectivity index (χ2n) is 5.80. The molecule has 3 rings (SSSR count). The fraction of sp³-hybridized carbons (Fsp3) is 0.143. The van der Waals surface area contributed by atoms with Crippen LogP contribution in [0.4, 0.5) is 8.78 Å². The Kier molecular flexibility index (Phi) is 5.84. The summed E-state index contributed by atoms with van der Waals surface area (Å²) in [4.78, 5) is 24.6. The van der Waals surface area contributed by atoms with Crippen LogP contribution in [-0.2, 0) is 4.74 Å². The molecular weight excluding hydrogens is 370 g/mol. The maximum absolute atomic E-state index is 12.4. The minimum atomic E-state index is -2.94. The van der Waals surface area contributed by atoms with Crippen molar-refractivity contribution in [1.29, 1.82) is 0 Å². The van der Waals surface area contributed by atoms with Crippen LogP contribution in [-0.4, -0.2) is 32.1 Å². The first-order valence-corrected chi connectivity index (χ1v) is 8.30. The van der Waals surface area contributed by atoms with Gasteiger partial charge >= 0.3 is 12.6 Å². The van der Waals surface area contributed by atoms with Gasteiger partial charge in [0.25, 0.3) is 0 Å². The van der Waals surface area contributed by atoms with Gasteiger partial charge < -0.3 is 14.2 Å². The third-order valence-electron chi connectivity index (χ3n) is 4.02. The van der Waals surface area contributed by atoms with E-state index in [0.717, 1.165) is 10.8 Å². The number of ether oxygens (including phenoxy) is 3. The second-order valence-corrected chi connectivity index (χ2v) is 5.80. The summed E-state index contributed by atoms with van der Waals surface area (Å²) in [6, 6.07) is 15.9. The van der Waals surface area contributed by atoms with Crippen LogP contribution in [0.5, 0.6) is 11.5 Å². The molecule has 0 fully saturated rings. The highest BCUT2D eigenvalue weighted by molar-refractivity contribution is 6.02. The molecule has 0 saturated heterocycles. The molecule has 5 nitrogen and oxygen atoms in total. The van der Waals surface area contributed by atoms with E-state index in [1.54, 1.807) is 12.1 Å². The van der Waals surface area contributed by atoms with Crippen LogP contribution in [0.25, 0.3) is 10.8 Å². The van der Waals surface area contributed by atoms with E-state index in [9.17, 15) is 18.4 Å². The van der Waals surface area contributed by atoms with Gasteiger partial charge in [-0.3, -0.25) is 4.79 Å². The highest BCUT2D eigenvalue weighted by Crippen LogP contribution is 2.26. The summed E-state index contributed by atoms with van der Waals surface area (Å²) >= 11 is 0. The summed E-state index contributed by atoms with van der Waals surface area (Å²) in [5.74, 6) is -0.903. The Labute approximate surface area is 159 Å². The molecule has 0 bridgehead atoms. The van der Waals surface area contributed by atoms with Crippen LogP contribution in [0.3, 0.4) is 0 Å². The molecule has 0 heterocycles. The number of carbonyl (C=O) groups excluding carboxylic acids is 2. The summed E-state index contributed by atoms with van der Waals surface area (Å²) in [6.45, 7) is -3.44. The molecule has 0 aliphatic heterocycles. The molecule has 144 valence electrons. The predicted molar refractivity (Wildman–Crippen MR) is 98.2 cm³/mol. The molecule has 7 heteroatoms. The number of rotatable bonds is 7. The van der Waals surface area contributed by atoms with Gasteiger partial charge in [-0.15, -0.1) is 0 Å². The fourth-order valence-electron chi connectivity index (χ4n) is 2.66. The first kappa shape index (κ1) is 19.3. The fourth-order valence-corrected chi connectivity index (χ4v) is 2.66. The number of ketones is 1. The first-order valence-electron chi connectivity index (χ1n) is 8.30. The summed E-state index contributed by atoms with van der Waals surface area (Å²) in [5, 5.41) is 1.73. The van der Waals surface area contributed by atoms with E-state index < -0.39 is 25.0 Å². The van der Waals surface area contributed by atoms with Gasteiger partial charge in [-0.1, -0.05) is 24.3 Å². The molecule has 0 aliphatic carbocycles. The van der Waals surface area contributed by atoms with E-state index in [2.05, 4.69) is 4.74 Å².